The van der Waals surface area contributed by atoms with Crippen LogP contribution in [0.4, 0.5) is 0 Å². The highest BCUT2D eigenvalue weighted by Gasteiger charge is 2.34. The molecule has 0 aromatic rings. The standard InChI is InChI=1S/C7H14N2/c1-6(2)5-7(3,4)9-8-6/h5H2,1-4H3. The molecule has 52 valence electrons. The van der Waals surface area contributed by atoms with Gasteiger partial charge in [-0.2, -0.15) is 10.2 Å². The molecule has 0 spiro atoms. The normalized spacial score (nSPS) is 28.9. The lowest BCUT2D eigenvalue weighted by atomic mass is 9.91. The molecule has 0 unspecified atom stereocenters. The highest BCUT2D eigenvalue weighted by atomic mass is 15.2. The van der Waals surface area contributed by atoms with Gasteiger partial charge in [-0.3, -0.25) is 0 Å². The molecule has 0 fully saturated rings. The fourth-order valence-electron chi connectivity index (χ4n) is 1.40. The van der Waals surface area contributed by atoms with Crippen LogP contribution in [0.25, 0.3) is 0 Å². The second-order valence-electron chi connectivity index (χ2n) is 4.00. The molecule has 1 rings (SSSR count). The van der Waals surface area contributed by atoms with E-state index in [2.05, 4.69) is 37.9 Å². The van der Waals surface area contributed by atoms with Crippen molar-refractivity contribution in [2.45, 2.75) is 45.2 Å². The van der Waals surface area contributed by atoms with Gasteiger partial charge in [0.2, 0.25) is 0 Å². The minimum Gasteiger partial charge on any atom is -0.187 e. The Labute approximate surface area is 56.4 Å². The molecule has 0 saturated carbocycles. The Morgan fingerprint density at radius 3 is 1.33 bits per heavy atom. The quantitative estimate of drug-likeness (QED) is 0.476. The lowest BCUT2D eigenvalue weighted by molar-refractivity contribution is 0.433. The summed E-state index contributed by atoms with van der Waals surface area (Å²) in [6.45, 7) is 8.47. The molecule has 0 aromatic heterocycles. The molecule has 1 aliphatic rings. The van der Waals surface area contributed by atoms with Gasteiger partial charge < -0.3 is 0 Å². The zero-order valence-electron chi connectivity index (χ0n) is 6.60. The Hall–Kier alpha value is -0.400. The first-order chi connectivity index (χ1) is 3.91. The topological polar surface area (TPSA) is 24.7 Å². The Morgan fingerprint density at radius 2 is 1.22 bits per heavy atom. The third-order valence-electron chi connectivity index (χ3n) is 1.46. The molecule has 2 nitrogen and oxygen atoms in total. The molecule has 9 heavy (non-hydrogen) atoms. The zero-order chi connectivity index (χ0) is 7.12. The predicted octanol–water partition coefficient (Wildman–Crippen LogP) is 2.40. The molecule has 1 heterocycles. The molecule has 1 aliphatic heterocycles. The molecule has 2 heteroatoms. The average molecular weight is 126 g/mol. The van der Waals surface area contributed by atoms with Crippen molar-refractivity contribution in [1.29, 1.82) is 0 Å². The molecule has 0 atom stereocenters. The molecule has 0 bridgehead atoms. The van der Waals surface area contributed by atoms with E-state index in [1.807, 2.05) is 0 Å². The van der Waals surface area contributed by atoms with Gasteiger partial charge >= 0.3 is 0 Å². The highest BCUT2D eigenvalue weighted by Crippen LogP contribution is 2.33. The lowest BCUT2D eigenvalue weighted by Crippen LogP contribution is -2.22. The smallest absolute Gasteiger partial charge is 0.0783 e. The molecule has 0 radical (unpaired) electrons. The van der Waals surface area contributed by atoms with E-state index in [0.717, 1.165) is 6.42 Å². The Balaban J connectivity index is 2.71. The van der Waals surface area contributed by atoms with Gasteiger partial charge in [-0.25, -0.2) is 0 Å². The highest BCUT2D eigenvalue weighted by molar-refractivity contribution is 4.94. The first-order valence-electron chi connectivity index (χ1n) is 3.35. The number of azo groups is 1. The van der Waals surface area contributed by atoms with Crippen molar-refractivity contribution in [2.24, 2.45) is 10.2 Å². The van der Waals surface area contributed by atoms with Crippen molar-refractivity contribution < 1.29 is 0 Å². The number of hydrogen-bond donors (Lipinski definition) is 0. The van der Waals surface area contributed by atoms with Crippen LogP contribution in [0, 0.1) is 0 Å². The van der Waals surface area contributed by atoms with Crippen LogP contribution >= 0.6 is 0 Å². The maximum atomic E-state index is 4.15. The number of rotatable bonds is 0. The van der Waals surface area contributed by atoms with Crippen LogP contribution in [0.2, 0.25) is 0 Å². The summed E-state index contributed by atoms with van der Waals surface area (Å²) in [7, 11) is 0. The Morgan fingerprint density at radius 1 is 0.889 bits per heavy atom. The molecule has 0 aliphatic carbocycles. The van der Waals surface area contributed by atoms with Gasteiger partial charge in [-0.15, -0.1) is 0 Å². The monoisotopic (exact) mass is 126 g/mol. The molecule has 0 aromatic carbocycles. The summed E-state index contributed by atoms with van der Waals surface area (Å²) in [5, 5.41) is 8.29. The van der Waals surface area contributed by atoms with Gasteiger partial charge in [-0.05, 0) is 27.7 Å². The van der Waals surface area contributed by atoms with Gasteiger partial charge in [0.05, 0.1) is 11.1 Å². The van der Waals surface area contributed by atoms with Crippen LogP contribution < -0.4 is 0 Å². The Bertz CT molecular complexity index is 129. The minimum absolute atomic E-state index is 0.0868. The number of hydrogen-bond acceptors (Lipinski definition) is 2. The third-order valence-corrected chi connectivity index (χ3v) is 1.46. The SMILES string of the molecule is CC1(C)CC(C)(C)N=N1. The fourth-order valence-corrected chi connectivity index (χ4v) is 1.40. The zero-order valence-corrected chi connectivity index (χ0v) is 6.60. The maximum Gasteiger partial charge on any atom is 0.0783 e. The summed E-state index contributed by atoms with van der Waals surface area (Å²) < 4.78 is 0. The van der Waals surface area contributed by atoms with Crippen LogP contribution in [-0.2, 0) is 0 Å². The van der Waals surface area contributed by atoms with E-state index in [-0.39, 0.29) is 11.1 Å². The van der Waals surface area contributed by atoms with Gasteiger partial charge in [0.1, 0.15) is 0 Å². The van der Waals surface area contributed by atoms with Crippen LogP contribution in [0.3, 0.4) is 0 Å². The molecular weight excluding hydrogens is 112 g/mol. The largest absolute Gasteiger partial charge is 0.187 e. The fraction of sp³-hybridized carbons (Fsp3) is 1.00. The van der Waals surface area contributed by atoms with Crippen LogP contribution in [0.15, 0.2) is 10.2 Å². The van der Waals surface area contributed by atoms with E-state index in [4.69, 9.17) is 0 Å². The lowest BCUT2D eigenvalue weighted by Gasteiger charge is -2.16. The van der Waals surface area contributed by atoms with Crippen molar-refractivity contribution in [3.63, 3.8) is 0 Å². The van der Waals surface area contributed by atoms with Crippen molar-refractivity contribution in [2.75, 3.05) is 0 Å². The summed E-state index contributed by atoms with van der Waals surface area (Å²) in [5.74, 6) is 0. The molecule has 0 N–H and O–H groups in total. The maximum absolute atomic E-state index is 4.15. The summed E-state index contributed by atoms with van der Waals surface area (Å²) >= 11 is 0. The van der Waals surface area contributed by atoms with E-state index in [1.54, 1.807) is 0 Å². The predicted molar refractivity (Wildman–Crippen MR) is 37.6 cm³/mol. The number of nitrogens with zero attached hydrogens (tertiary/aromatic N) is 2. The first-order valence-corrected chi connectivity index (χ1v) is 3.35. The van der Waals surface area contributed by atoms with Gasteiger partial charge in [0.15, 0.2) is 0 Å². The first kappa shape index (κ1) is 6.72. The van der Waals surface area contributed by atoms with E-state index in [0.29, 0.717) is 0 Å². The summed E-state index contributed by atoms with van der Waals surface area (Å²) in [5.41, 5.74) is 0.174. The Kier molecular flexibility index (Phi) is 1.16. The van der Waals surface area contributed by atoms with Crippen LogP contribution in [0.1, 0.15) is 34.1 Å². The second kappa shape index (κ2) is 1.55. The van der Waals surface area contributed by atoms with E-state index < -0.39 is 0 Å². The average Bonchev–Trinajstić information content (AvgIpc) is 1.78. The van der Waals surface area contributed by atoms with Gasteiger partial charge in [0, 0.05) is 6.42 Å². The third kappa shape index (κ3) is 1.50. The summed E-state index contributed by atoms with van der Waals surface area (Å²) in [4.78, 5) is 0. The molecular formula is C7H14N2. The van der Waals surface area contributed by atoms with Gasteiger partial charge in [0.25, 0.3) is 0 Å². The molecule has 0 amide bonds. The van der Waals surface area contributed by atoms with Crippen LogP contribution in [0.5, 0.6) is 0 Å². The summed E-state index contributed by atoms with van der Waals surface area (Å²) in [6.07, 6.45) is 1.07. The van der Waals surface area contributed by atoms with E-state index in [1.165, 1.54) is 0 Å². The van der Waals surface area contributed by atoms with Gasteiger partial charge in [-0.1, -0.05) is 0 Å². The summed E-state index contributed by atoms with van der Waals surface area (Å²) in [6, 6.07) is 0. The van der Waals surface area contributed by atoms with Crippen LogP contribution in [-0.4, -0.2) is 11.1 Å². The minimum atomic E-state index is 0.0868. The van der Waals surface area contributed by atoms with Crippen molar-refractivity contribution in [1.82, 2.24) is 0 Å². The second-order valence-corrected chi connectivity index (χ2v) is 4.00. The van der Waals surface area contributed by atoms with E-state index in [9.17, 15) is 0 Å². The van der Waals surface area contributed by atoms with E-state index >= 15 is 0 Å². The van der Waals surface area contributed by atoms with Crippen molar-refractivity contribution in [3.8, 4) is 0 Å². The molecule has 0 saturated heterocycles. The van der Waals surface area contributed by atoms with Crippen molar-refractivity contribution in [3.05, 3.63) is 0 Å². The van der Waals surface area contributed by atoms with Crippen molar-refractivity contribution >= 4 is 0 Å².